The van der Waals surface area contributed by atoms with Crippen molar-refractivity contribution < 1.29 is 0 Å². The van der Waals surface area contributed by atoms with Crippen LogP contribution in [-0.4, -0.2) is 46.8 Å². The molecule has 5 heteroatoms. The Bertz CT molecular complexity index is 1080. The van der Waals surface area contributed by atoms with Crippen molar-refractivity contribution >= 4 is 17.2 Å². The fraction of sp³-hybridized carbons (Fsp3) is 0.440. The molecule has 4 heterocycles. The molecular formula is C25H29N5. The van der Waals surface area contributed by atoms with Crippen LogP contribution in [0.2, 0.25) is 0 Å². The summed E-state index contributed by atoms with van der Waals surface area (Å²) >= 11 is 0. The van der Waals surface area contributed by atoms with Crippen LogP contribution in [0.4, 0.5) is 0 Å². The van der Waals surface area contributed by atoms with Crippen molar-refractivity contribution in [3.05, 3.63) is 65.0 Å². The first kappa shape index (κ1) is 18.3. The van der Waals surface area contributed by atoms with E-state index in [1.165, 1.54) is 47.3 Å². The van der Waals surface area contributed by atoms with Crippen molar-refractivity contribution in [1.29, 1.82) is 0 Å². The third-order valence-corrected chi connectivity index (χ3v) is 7.08. The highest BCUT2D eigenvalue weighted by atomic mass is 15.2. The molecule has 3 aromatic rings. The van der Waals surface area contributed by atoms with Crippen LogP contribution in [0.3, 0.4) is 0 Å². The van der Waals surface area contributed by atoms with Gasteiger partial charge in [0.25, 0.3) is 0 Å². The van der Waals surface area contributed by atoms with Gasteiger partial charge >= 0.3 is 0 Å². The van der Waals surface area contributed by atoms with Crippen LogP contribution in [0.25, 0.3) is 11.0 Å². The number of likely N-dealkylation sites (tertiary alicyclic amines) is 1. The summed E-state index contributed by atoms with van der Waals surface area (Å²) in [7, 11) is 0. The first-order chi connectivity index (χ1) is 14.8. The van der Waals surface area contributed by atoms with E-state index in [1.54, 1.807) is 0 Å². The number of aliphatic imine (C=N–C) groups is 1. The van der Waals surface area contributed by atoms with Gasteiger partial charge in [0.05, 0.1) is 17.6 Å². The number of rotatable bonds is 4. The number of piperidine rings is 1. The number of para-hydroxylation sites is 2. The Kier molecular flexibility index (Phi) is 4.65. The highest BCUT2D eigenvalue weighted by molar-refractivity contribution is 5.84. The maximum absolute atomic E-state index is 5.09. The lowest BCUT2D eigenvalue weighted by Crippen LogP contribution is -2.35. The third-order valence-electron chi connectivity index (χ3n) is 7.08. The monoisotopic (exact) mass is 399 g/mol. The van der Waals surface area contributed by atoms with E-state index < -0.39 is 0 Å². The van der Waals surface area contributed by atoms with Crippen LogP contribution in [0.5, 0.6) is 0 Å². The molecule has 3 aliphatic heterocycles. The molecular weight excluding hydrogens is 370 g/mol. The zero-order chi connectivity index (χ0) is 19.9. The summed E-state index contributed by atoms with van der Waals surface area (Å²) in [5.41, 5.74) is 6.56. The van der Waals surface area contributed by atoms with E-state index in [4.69, 9.17) is 4.98 Å². The first-order valence-electron chi connectivity index (χ1n) is 11.4. The summed E-state index contributed by atoms with van der Waals surface area (Å²) in [6, 6.07) is 16.1. The van der Waals surface area contributed by atoms with Gasteiger partial charge in [0.1, 0.15) is 5.82 Å². The van der Waals surface area contributed by atoms with Gasteiger partial charge in [-0.3, -0.25) is 9.89 Å². The Balaban J connectivity index is 1.20. The summed E-state index contributed by atoms with van der Waals surface area (Å²) in [6.45, 7) is 6.35. The summed E-state index contributed by atoms with van der Waals surface area (Å²) in [5, 5.41) is 3.53. The minimum absolute atomic E-state index is 0.545. The highest BCUT2D eigenvalue weighted by Crippen LogP contribution is 2.34. The second-order valence-corrected chi connectivity index (χ2v) is 9.03. The molecule has 30 heavy (non-hydrogen) atoms. The summed E-state index contributed by atoms with van der Waals surface area (Å²) < 4.78 is 2.59. The standard InChI is InChI=1S/C25H29N5/c1-2-4-24-23(3-1)28-25(20-7-10-26-15-20)30(24)22-8-11-29(12-9-22)17-18-5-6-19-14-27-16-21(19)13-18/h1-6,13-14,20,22,26H,7-12,15-17H2/t20-/m1/s1. The van der Waals surface area contributed by atoms with E-state index in [1.807, 2.05) is 6.21 Å². The average Bonchev–Trinajstić information content (AvgIpc) is 3.53. The van der Waals surface area contributed by atoms with E-state index in [0.29, 0.717) is 12.0 Å². The van der Waals surface area contributed by atoms with E-state index >= 15 is 0 Å². The second kappa shape index (κ2) is 7.64. The second-order valence-electron chi connectivity index (χ2n) is 9.03. The van der Waals surface area contributed by atoms with Crippen molar-refractivity contribution in [3.8, 4) is 0 Å². The van der Waals surface area contributed by atoms with Crippen LogP contribution in [0.15, 0.2) is 47.5 Å². The normalized spacial score (nSPS) is 22.2. The van der Waals surface area contributed by atoms with Gasteiger partial charge in [-0.05, 0) is 54.6 Å². The molecule has 2 aromatic carbocycles. The molecule has 1 N–H and O–H groups in total. The number of aromatic nitrogens is 2. The Morgan fingerprint density at radius 1 is 1.03 bits per heavy atom. The molecule has 0 amide bonds. The minimum atomic E-state index is 0.545. The van der Waals surface area contributed by atoms with E-state index in [-0.39, 0.29) is 0 Å². The number of nitrogens with zero attached hydrogens (tertiary/aromatic N) is 4. The lowest BCUT2D eigenvalue weighted by Gasteiger charge is -2.34. The molecule has 1 aromatic heterocycles. The van der Waals surface area contributed by atoms with Crippen LogP contribution in [0, 0.1) is 0 Å². The largest absolute Gasteiger partial charge is 0.324 e. The molecule has 3 aliphatic rings. The average molecular weight is 400 g/mol. The van der Waals surface area contributed by atoms with E-state index in [9.17, 15) is 0 Å². The lowest BCUT2D eigenvalue weighted by molar-refractivity contribution is 0.179. The fourth-order valence-corrected chi connectivity index (χ4v) is 5.47. The number of benzene rings is 2. The molecule has 0 aliphatic carbocycles. The summed E-state index contributed by atoms with van der Waals surface area (Å²) in [4.78, 5) is 12.1. The van der Waals surface area contributed by atoms with Crippen molar-refractivity contribution in [2.24, 2.45) is 4.99 Å². The molecule has 0 bridgehead atoms. The SMILES string of the molecule is C1=NCc2cc(CN3CCC(n4c([C@@H]5CCNC5)nc5ccccc54)CC3)ccc21. The Hall–Kier alpha value is -2.50. The van der Waals surface area contributed by atoms with Gasteiger partial charge in [-0.15, -0.1) is 0 Å². The topological polar surface area (TPSA) is 45.5 Å². The van der Waals surface area contributed by atoms with Gasteiger partial charge < -0.3 is 9.88 Å². The lowest BCUT2D eigenvalue weighted by atomic mass is 10.0. The number of hydrogen-bond donors (Lipinski definition) is 1. The van der Waals surface area contributed by atoms with Gasteiger partial charge in [0, 0.05) is 44.4 Å². The van der Waals surface area contributed by atoms with Crippen molar-refractivity contribution in [2.45, 2.75) is 44.3 Å². The zero-order valence-corrected chi connectivity index (χ0v) is 17.4. The first-order valence-corrected chi connectivity index (χ1v) is 11.4. The molecule has 2 saturated heterocycles. The predicted molar refractivity (Wildman–Crippen MR) is 121 cm³/mol. The Labute approximate surface area is 177 Å². The van der Waals surface area contributed by atoms with Crippen LogP contribution in [-0.2, 0) is 13.1 Å². The number of hydrogen-bond acceptors (Lipinski definition) is 4. The molecule has 1 atom stereocenters. The smallest absolute Gasteiger partial charge is 0.114 e. The highest BCUT2D eigenvalue weighted by Gasteiger charge is 2.29. The third kappa shape index (κ3) is 3.26. The number of fused-ring (bicyclic) bond motifs is 2. The molecule has 0 saturated carbocycles. The van der Waals surface area contributed by atoms with Gasteiger partial charge in [-0.1, -0.05) is 30.3 Å². The van der Waals surface area contributed by atoms with Crippen molar-refractivity contribution in [2.75, 3.05) is 26.2 Å². The Morgan fingerprint density at radius 2 is 1.93 bits per heavy atom. The molecule has 2 fully saturated rings. The van der Waals surface area contributed by atoms with Crippen molar-refractivity contribution in [3.63, 3.8) is 0 Å². The zero-order valence-electron chi connectivity index (χ0n) is 17.4. The van der Waals surface area contributed by atoms with Gasteiger partial charge in [-0.25, -0.2) is 4.98 Å². The maximum Gasteiger partial charge on any atom is 0.114 e. The molecule has 0 spiro atoms. The molecule has 6 rings (SSSR count). The van der Waals surface area contributed by atoms with Gasteiger partial charge in [0.2, 0.25) is 0 Å². The fourth-order valence-electron chi connectivity index (χ4n) is 5.47. The number of imidazole rings is 1. The van der Waals surface area contributed by atoms with E-state index in [2.05, 4.69) is 62.2 Å². The minimum Gasteiger partial charge on any atom is -0.324 e. The van der Waals surface area contributed by atoms with Crippen LogP contribution >= 0.6 is 0 Å². The molecule has 154 valence electrons. The van der Waals surface area contributed by atoms with Crippen LogP contribution in [0.1, 0.15) is 53.7 Å². The predicted octanol–water partition coefficient (Wildman–Crippen LogP) is 3.88. The summed E-state index contributed by atoms with van der Waals surface area (Å²) in [5.74, 6) is 1.85. The van der Waals surface area contributed by atoms with Crippen molar-refractivity contribution in [1.82, 2.24) is 19.8 Å². The summed E-state index contributed by atoms with van der Waals surface area (Å²) in [6.07, 6.45) is 5.59. The van der Waals surface area contributed by atoms with Crippen LogP contribution < -0.4 is 5.32 Å². The maximum atomic E-state index is 5.09. The molecule has 5 nitrogen and oxygen atoms in total. The van der Waals surface area contributed by atoms with Gasteiger partial charge in [0.15, 0.2) is 0 Å². The molecule has 0 unspecified atom stereocenters. The van der Waals surface area contributed by atoms with Gasteiger partial charge in [-0.2, -0.15) is 0 Å². The number of nitrogens with one attached hydrogen (secondary N) is 1. The van der Waals surface area contributed by atoms with E-state index in [0.717, 1.165) is 44.8 Å². The molecule has 0 radical (unpaired) electrons. The Morgan fingerprint density at radius 3 is 2.80 bits per heavy atom. The quantitative estimate of drug-likeness (QED) is 0.724.